The van der Waals surface area contributed by atoms with E-state index in [1.54, 1.807) is 6.26 Å². The van der Waals surface area contributed by atoms with Gasteiger partial charge in [0, 0.05) is 10.5 Å². The average Bonchev–Trinajstić information content (AvgIpc) is 2.92. The van der Waals surface area contributed by atoms with E-state index in [0.29, 0.717) is 0 Å². The zero-order valence-electron chi connectivity index (χ0n) is 11.1. The number of hydrogen-bond donors (Lipinski definition) is 2. The molecule has 2 unspecified atom stereocenters. The Morgan fingerprint density at radius 3 is 2.74 bits per heavy atom. The summed E-state index contributed by atoms with van der Waals surface area (Å²) in [6, 6.07) is 9.90. The van der Waals surface area contributed by atoms with Crippen molar-refractivity contribution in [3.63, 3.8) is 0 Å². The lowest BCUT2D eigenvalue weighted by molar-refractivity contribution is 0.217. The van der Waals surface area contributed by atoms with Crippen LogP contribution in [0.25, 0.3) is 0 Å². The van der Waals surface area contributed by atoms with Crippen LogP contribution in [0, 0.1) is 6.92 Å². The first-order chi connectivity index (χ1) is 9.11. The number of aliphatic hydroxyl groups excluding tert-OH is 1. The highest BCUT2D eigenvalue weighted by molar-refractivity contribution is 9.10. The van der Waals surface area contributed by atoms with Crippen LogP contribution in [0.1, 0.15) is 35.9 Å². The van der Waals surface area contributed by atoms with Gasteiger partial charge in [-0.25, -0.2) is 0 Å². The van der Waals surface area contributed by atoms with Gasteiger partial charge >= 0.3 is 0 Å². The number of hydrogen-bond acceptors (Lipinski definition) is 3. The summed E-state index contributed by atoms with van der Waals surface area (Å²) in [5.74, 6) is 0.753. The highest BCUT2D eigenvalue weighted by atomic mass is 79.9. The van der Waals surface area contributed by atoms with Crippen LogP contribution < -0.4 is 5.32 Å². The zero-order valence-corrected chi connectivity index (χ0v) is 12.6. The van der Waals surface area contributed by atoms with Gasteiger partial charge in [-0.05, 0) is 43.2 Å². The van der Waals surface area contributed by atoms with Gasteiger partial charge in [-0.1, -0.05) is 28.1 Å². The Bertz CT molecular complexity index is 525. The summed E-state index contributed by atoms with van der Waals surface area (Å²) >= 11 is 3.50. The summed E-state index contributed by atoms with van der Waals surface area (Å²) in [7, 11) is 0. The molecule has 0 amide bonds. The van der Waals surface area contributed by atoms with Crippen LogP contribution in [0.3, 0.4) is 0 Å². The first kappa shape index (κ1) is 14.3. The van der Waals surface area contributed by atoms with Gasteiger partial charge in [-0.15, -0.1) is 0 Å². The molecular formula is C15H18BrNO2. The van der Waals surface area contributed by atoms with Crippen molar-refractivity contribution >= 4 is 15.9 Å². The number of aryl methyl sites for hydroxylation is 1. The van der Waals surface area contributed by atoms with Crippen LogP contribution >= 0.6 is 15.9 Å². The molecule has 2 rings (SSSR count). The van der Waals surface area contributed by atoms with Gasteiger partial charge in [-0.2, -0.15) is 0 Å². The molecule has 102 valence electrons. The molecule has 0 bridgehead atoms. The van der Waals surface area contributed by atoms with Crippen molar-refractivity contribution in [3.05, 3.63) is 58.0 Å². The minimum Gasteiger partial charge on any atom is -0.468 e. The summed E-state index contributed by atoms with van der Waals surface area (Å²) < 4.78 is 6.44. The van der Waals surface area contributed by atoms with Crippen LogP contribution in [0.4, 0.5) is 0 Å². The van der Waals surface area contributed by atoms with Crippen LogP contribution in [0.2, 0.25) is 0 Å². The van der Waals surface area contributed by atoms with Gasteiger partial charge in [0.1, 0.15) is 5.76 Å². The van der Waals surface area contributed by atoms with E-state index < -0.39 is 0 Å². The molecule has 2 atom stereocenters. The maximum atomic E-state index is 9.46. The van der Waals surface area contributed by atoms with Gasteiger partial charge in [-0.3, -0.25) is 5.32 Å². The predicted octanol–water partition coefficient (Wildman–Crippen LogP) is 3.73. The summed E-state index contributed by atoms with van der Waals surface area (Å²) in [4.78, 5) is 0. The van der Waals surface area contributed by atoms with Gasteiger partial charge in [0.25, 0.3) is 0 Å². The Kier molecular flexibility index (Phi) is 4.80. The fourth-order valence-corrected chi connectivity index (χ4v) is 2.30. The Hall–Kier alpha value is -1.10. The lowest BCUT2D eigenvalue weighted by atomic mass is 10.0. The largest absolute Gasteiger partial charge is 0.468 e. The quantitative estimate of drug-likeness (QED) is 0.881. The molecule has 2 N–H and O–H groups in total. The van der Waals surface area contributed by atoms with E-state index >= 15 is 0 Å². The third kappa shape index (κ3) is 3.47. The fourth-order valence-electron chi connectivity index (χ4n) is 2.05. The summed E-state index contributed by atoms with van der Waals surface area (Å²) in [6.45, 7) is 4.15. The van der Waals surface area contributed by atoms with E-state index in [2.05, 4.69) is 47.2 Å². The van der Waals surface area contributed by atoms with Gasteiger partial charge in [0.2, 0.25) is 0 Å². The molecule has 0 radical (unpaired) electrons. The molecule has 1 aromatic heterocycles. The van der Waals surface area contributed by atoms with E-state index in [1.165, 1.54) is 11.1 Å². The maximum absolute atomic E-state index is 9.46. The Morgan fingerprint density at radius 2 is 2.16 bits per heavy atom. The summed E-state index contributed by atoms with van der Waals surface area (Å²) in [5.41, 5.74) is 2.38. The summed E-state index contributed by atoms with van der Waals surface area (Å²) in [6.07, 6.45) is 1.62. The van der Waals surface area contributed by atoms with E-state index in [4.69, 9.17) is 4.42 Å². The minimum atomic E-state index is -0.186. The number of aliphatic hydroxyl groups is 1. The highest BCUT2D eigenvalue weighted by Gasteiger charge is 2.17. The molecule has 0 aliphatic carbocycles. The molecule has 0 fully saturated rings. The maximum Gasteiger partial charge on any atom is 0.123 e. The second-order valence-electron chi connectivity index (χ2n) is 4.65. The molecule has 0 saturated heterocycles. The van der Waals surface area contributed by atoms with Crippen molar-refractivity contribution in [2.24, 2.45) is 0 Å². The van der Waals surface area contributed by atoms with Crippen molar-refractivity contribution in [3.8, 4) is 0 Å². The average molecular weight is 324 g/mol. The number of rotatable bonds is 5. The molecule has 1 aromatic carbocycles. The smallest absolute Gasteiger partial charge is 0.123 e. The van der Waals surface area contributed by atoms with Gasteiger partial charge < -0.3 is 9.52 Å². The monoisotopic (exact) mass is 323 g/mol. The van der Waals surface area contributed by atoms with Gasteiger partial charge in [0.15, 0.2) is 0 Å². The number of nitrogens with one attached hydrogen (secondary N) is 1. The third-order valence-corrected chi connectivity index (χ3v) is 4.09. The molecular weight excluding hydrogens is 306 g/mol. The Morgan fingerprint density at radius 1 is 1.37 bits per heavy atom. The molecule has 4 heteroatoms. The fraction of sp³-hybridized carbons (Fsp3) is 0.333. The van der Waals surface area contributed by atoms with Crippen LogP contribution in [-0.4, -0.2) is 11.7 Å². The lowest BCUT2D eigenvalue weighted by Crippen LogP contribution is -2.27. The van der Waals surface area contributed by atoms with Gasteiger partial charge in [0.05, 0.1) is 18.9 Å². The second kappa shape index (κ2) is 6.37. The first-order valence-corrected chi connectivity index (χ1v) is 7.07. The highest BCUT2D eigenvalue weighted by Crippen LogP contribution is 2.23. The van der Waals surface area contributed by atoms with E-state index in [-0.39, 0.29) is 18.7 Å². The first-order valence-electron chi connectivity index (χ1n) is 6.28. The van der Waals surface area contributed by atoms with Crippen LogP contribution in [-0.2, 0) is 0 Å². The zero-order chi connectivity index (χ0) is 13.8. The van der Waals surface area contributed by atoms with E-state index in [0.717, 1.165) is 10.2 Å². The molecule has 0 aliphatic heterocycles. The van der Waals surface area contributed by atoms with Crippen molar-refractivity contribution < 1.29 is 9.52 Å². The molecule has 1 heterocycles. The van der Waals surface area contributed by atoms with Crippen molar-refractivity contribution in [1.29, 1.82) is 0 Å². The number of benzene rings is 1. The van der Waals surface area contributed by atoms with Crippen LogP contribution in [0.5, 0.6) is 0 Å². The second-order valence-corrected chi connectivity index (χ2v) is 5.50. The van der Waals surface area contributed by atoms with E-state index in [1.807, 2.05) is 18.2 Å². The molecule has 2 aromatic rings. The number of furan rings is 1. The Balaban J connectivity index is 2.11. The van der Waals surface area contributed by atoms with Crippen molar-refractivity contribution in [2.45, 2.75) is 25.9 Å². The third-order valence-electron chi connectivity index (χ3n) is 3.20. The minimum absolute atomic E-state index is 0.00731. The standard InChI is InChI=1S/C15H18BrNO2/c1-10-8-12(5-6-13(10)16)11(2)17-14(9-18)15-4-3-7-19-15/h3-8,11,14,17-18H,9H2,1-2H3. The van der Waals surface area contributed by atoms with Crippen molar-refractivity contribution in [2.75, 3.05) is 6.61 Å². The predicted molar refractivity (Wildman–Crippen MR) is 79.0 cm³/mol. The molecule has 19 heavy (non-hydrogen) atoms. The summed E-state index contributed by atoms with van der Waals surface area (Å²) in [5, 5.41) is 12.8. The number of halogens is 1. The lowest BCUT2D eigenvalue weighted by Gasteiger charge is -2.21. The van der Waals surface area contributed by atoms with Crippen molar-refractivity contribution in [1.82, 2.24) is 5.32 Å². The Labute approximate surface area is 121 Å². The normalized spacial score (nSPS) is 14.3. The molecule has 3 nitrogen and oxygen atoms in total. The topological polar surface area (TPSA) is 45.4 Å². The van der Waals surface area contributed by atoms with Crippen LogP contribution in [0.15, 0.2) is 45.5 Å². The molecule has 0 spiro atoms. The SMILES string of the molecule is Cc1cc(C(C)NC(CO)c2ccco2)ccc1Br. The molecule has 0 saturated carbocycles. The molecule has 0 aliphatic rings. The van der Waals surface area contributed by atoms with E-state index in [9.17, 15) is 5.11 Å².